The van der Waals surface area contributed by atoms with E-state index in [-0.39, 0.29) is 5.56 Å². The number of hydrogen-bond acceptors (Lipinski definition) is 1. The first-order valence-electron chi connectivity index (χ1n) is 4.58. The molecule has 1 amide bonds. The molecule has 0 heterocycles. The molecule has 0 fully saturated rings. The molecular weight excluding hydrogens is 264 g/mol. The van der Waals surface area contributed by atoms with Crippen molar-refractivity contribution in [3.63, 3.8) is 0 Å². The van der Waals surface area contributed by atoms with Crippen molar-refractivity contribution in [2.24, 2.45) is 0 Å². The smallest absolute Gasteiger partial charge is 0.320 e. The highest BCUT2D eigenvalue weighted by molar-refractivity contribution is 5.96. The van der Waals surface area contributed by atoms with Crippen LogP contribution in [0.3, 0.4) is 0 Å². The van der Waals surface area contributed by atoms with Crippen LogP contribution in [0.15, 0.2) is 18.2 Å². The van der Waals surface area contributed by atoms with Gasteiger partial charge in [-0.2, -0.15) is 22.0 Å². The highest BCUT2D eigenvalue weighted by Gasteiger charge is 2.63. The molecule has 18 heavy (non-hydrogen) atoms. The van der Waals surface area contributed by atoms with Crippen molar-refractivity contribution in [1.29, 1.82) is 0 Å². The average Bonchev–Trinajstić information content (AvgIpc) is 2.21. The molecule has 0 bridgehead atoms. The first-order chi connectivity index (χ1) is 8.05. The SMILES string of the molecule is Cc1ccc(NC(=O)C(F)(F)C(F)(F)F)cc1F. The zero-order valence-electron chi connectivity index (χ0n) is 8.91. The largest absolute Gasteiger partial charge is 0.463 e. The Bertz CT molecular complexity index is 468. The number of amides is 1. The maximum absolute atomic E-state index is 13.0. The van der Waals surface area contributed by atoms with Gasteiger partial charge in [-0.3, -0.25) is 4.79 Å². The summed E-state index contributed by atoms with van der Waals surface area (Å²) in [6.45, 7) is 1.37. The minimum Gasteiger partial charge on any atom is -0.320 e. The molecule has 100 valence electrons. The van der Waals surface area contributed by atoms with Gasteiger partial charge in [-0.25, -0.2) is 4.39 Å². The molecule has 2 nitrogen and oxygen atoms in total. The van der Waals surface area contributed by atoms with Crippen LogP contribution in [0.5, 0.6) is 0 Å². The Morgan fingerprint density at radius 2 is 1.72 bits per heavy atom. The van der Waals surface area contributed by atoms with E-state index in [0.717, 1.165) is 12.1 Å². The van der Waals surface area contributed by atoms with Crippen LogP contribution in [-0.2, 0) is 4.79 Å². The van der Waals surface area contributed by atoms with Crippen molar-refractivity contribution in [2.75, 3.05) is 5.32 Å². The summed E-state index contributed by atoms with van der Waals surface area (Å²) in [5.74, 6) is -8.92. The van der Waals surface area contributed by atoms with Crippen molar-refractivity contribution in [3.05, 3.63) is 29.6 Å². The zero-order valence-corrected chi connectivity index (χ0v) is 8.91. The monoisotopic (exact) mass is 271 g/mol. The molecule has 8 heteroatoms. The molecule has 1 N–H and O–H groups in total. The average molecular weight is 271 g/mol. The quantitative estimate of drug-likeness (QED) is 0.822. The van der Waals surface area contributed by atoms with Crippen LogP contribution in [0.2, 0.25) is 0 Å². The van der Waals surface area contributed by atoms with Gasteiger partial charge < -0.3 is 5.32 Å². The molecule has 0 aliphatic rings. The maximum Gasteiger partial charge on any atom is 0.463 e. The normalized spacial score (nSPS) is 12.4. The second-order valence-corrected chi connectivity index (χ2v) is 3.49. The van der Waals surface area contributed by atoms with E-state index < -0.39 is 29.5 Å². The summed E-state index contributed by atoms with van der Waals surface area (Å²) in [6, 6.07) is 2.80. The van der Waals surface area contributed by atoms with Crippen molar-refractivity contribution in [2.45, 2.75) is 19.0 Å². The number of halogens is 6. The van der Waals surface area contributed by atoms with E-state index in [1.165, 1.54) is 12.2 Å². The van der Waals surface area contributed by atoms with Gasteiger partial charge in [-0.05, 0) is 24.6 Å². The number of hydrogen-bond donors (Lipinski definition) is 1. The van der Waals surface area contributed by atoms with Gasteiger partial charge in [0.15, 0.2) is 0 Å². The topological polar surface area (TPSA) is 29.1 Å². The number of carbonyl (C=O) groups is 1. The van der Waals surface area contributed by atoms with Crippen molar-refractivity contribution in [1.82, 2.24) is 0 Å². The summed E-state index contributed by atoms with van der Waals surface area (Å²) >= 11 is 0. The van der Waals surface area contributed by atoms with Crippen LogP contribution >= 0.6 is 0 Å². The number of aryl methyl sites for hydroxylation is 1. The van der Waals surface area contributed by atoms with Gasteiger partial charge in [0, 0.05) is 5.69 Å². The maximum atomic E-state index is 13.0. The number of carbonyl (C=O) groups excluding carboxylic acids is 1. The number of rotatable bonds is 2. The van der Waals surface area contributed by atoms with Gasteiger partial charge >= 0.3 is 18.0 Å². The van der Waals surface area contributed by atoms with E-state index in [1.54, 1.807) is 0 Å². The molecule has 0 unspecified atom stereocenters. The highest BCUT2D eigenvalue weighted by Crippen LogP contribution is 2.36. The molecule has 0 atom stereocenters. The molecular formula is C10H7F6NO. The predicted octanol–water partition coefficient (Wildman–Crippen LogP) is 3.27. The summed E-state index contributed by atoms with van der Waals surface area (Å²) in [5, 5.41) is 1.31. The predicted molar refractivity (Wildman–Crippen MR) is 50.8 cm³/mol. The number of alkyl halides is 5. The molecule has 0 spiro atoms. The number of anilines is 1. The second kappa shape index (κ2) is 4.51. The molecule has 0 radical (unpaired) electrons. The van der Waals surface area contributed by atoms with Crippen molar-refractivity contribution in [3.8, 4) is 0 Å². The van der Waals surface area contributed by atoms with Crippen LogP contribution < -0.4 is 5.32 Å². The Hall–Kier alpha value is -1.73. The van der Waals surface area contributed by atoms with Gasteiger partial charge in [0.1, 0.15) is 5.82 Å². The Morgan fingerprint density at radius 3 is 2.17 bits per heavy atom. The fourth-order valence-corrected chi connectivity index (χ4v) is 1.01. The van der Waals surface area contributed by atoms with Crippen LogP contribution in [0.25, 0.3) is 0 Å². The first-order valence-corrected chi connectivity index (χ1v) is 4.58. The lowest BCUT2D eigenvalue weighted by Crippen LogP contribution is -2.47. The zero-order chi connectivity index (χ0) is 14.1. The summed E-state index contributed by atoms with van der Waals surface area (Å²) in [7, 11) is 0. The third-order valence-electron chi connectivity index (χ3n) is 2.07. The highest BCUT2D eigenvalue weighted by atomic mass is 19.4. The standard InChI is InChI=1S/C10H7F6NO/c1-5-2-3-6(4-7(5)11)17-8(18)9(12,13)10(14,15)16/h2-4H,1H3,(H,17,18). The summed E-state index contributed by atoms with van der Waals surface area (Å²) in [5.41, 5.74) is -0.317. The molecule has 0 aliphatic heterocycles. The van der Waals surface area contributed by atoms with E-state index in [4.69, 9.17) is 0 Å². The minimum absolute atomic E-state index is 0.163. The fraction of sp³-hybridized carbons (Fsp3) is 0.300. The minimum atomic E-state index is -6.00. The lowest BCUT2D eigenvalue weighted by Gasteiger charge is -2.18. The molecule has 1 aromatic carbocycles. The Labute approximate surface area is 97.6 Å². The summed E-state index contributed by atoms with van der Waals surface area (Å²) in [6.07, 6.45) is -6.00. The van der Waals surface area contributed by atoms with Crippen molar-refractivity contribution < 1.29 is 31.1 Å². The third-order valence-corrected chi connectivity index (χ3v) is 2.07. The van der Waals surface area contributed by atoms with Crippen LogP contribution in [0, 0.1) is 12.7 Å². The van der Waals surface area contributed by atoms with E-state index >= 15 is 0 Å². The van der Waals surface area contributed by atoms with Crippen molar-refractivity contribution >= 4 is 11.6 Å². The molecule has 0 aromatic heterocycles. The third kappa shape index (κ3) is 2.74. The number of benzene rings is 1. The van der Waals surface area contributed by atoms with E-state index in [1.807, 2.05) is 0 Å². The molecule has 1 aromatic rings. The molecule has 0 saturated heterocycles. The summed E-state index contributed by atoms with van der Waals surface area (Å²) in [4.78, 5) is 10.8. The number of nitrogens with one attached hydrogen (secondary N) is 1. The fourth-order valence-electron chi connectivity index (χ4n) is 1.01. The summed E-state index contributed by atoms with van der Waals surface area (Å²) < 4.78 is 73.7. The Morgan fingerprint density at radius 1 is 1.17 bits per heavy atom. The van der Waals surface area contributed by atoms with Crippen LogP contribution in [0.1, 0.15) is 5.56 Å². The molecule has 0 saturated carbocycles. The van der Waals surface area contributed by atoms with Gasteiger partial charge in [-0.15, -0.1) is 0 Å². The van der Waals surface area contributed by atoms with Gasteiger partial charge in [0.25, 0.3) is 0 Å². The lowest BCUT2D eigenvalue weighted by molar-refractivity contribution is -0.267. The van der Waals surface area contributed by atoms with Crippen LogP contribution in [0.4, 0.5) is 32.0 Å². The lowest BCUT2D eigenvalue weighted by atomic mass is 10.2. The van der Waals surface area contributed by atoms with E-state index in [0.29, 0.717) is 6.07 Å². The van der Waals surface area contributed by atoms with Crippen LogP contribution in [-0.4, -0.2) is 18.0 Å². The first kappa shape index (κ1) is 14.3. The Balaban J connectivity index is 2.91. The van der Waals surface area contributed by atoms with Gasteiger partial charge in [0.05, 0.1) is 0 Å². The second-order valence-electron chi connectivity index (χ2n) is 3.49. The van der Waals surface area contributed by atoms with Gasteiger partial charge in [-0.1, -0.05) is 6.07 Å². The Kier molecular flexibility index (Phi) is 3.59. The van der Waals surface area contributed by atoms with E-state index in [2.05, 4.69) is 0 Å². The van der Waals surface area contributed by atoms with Gasteiger partial charge in [0.2, 0.25) is 0 Å². The molecule has 0 aliphatic carbocycles. The van der Waals surface area contributed by atoms with E-state index in [9.17, 15) is 31.1 Å². The molecule has 1 rings (SSSR count).